The molecular formula is C14H26N2O3S. The second-order valence-electron chi connectivity index (χ2n) is 5.37. The third-order valence-electron chi connectivity index (χ3n) is 3.78. The van der Waals surface area contributed by atoms with Gasteiger partial charge in [-0.2, -0.15) is 11.8 Å². The number of aliphatic carboxylic acids is 1. The Labute approximate surface area is 125 Å². The van der Waals surface area contributed by atoms with Crippen molar-refractivity contribution in [1.82, 2.24) is 10.6 Å². The van der Waals surface area contributed by atoms with Crippen LogP contribution in [0.4, 0.5) is 4.79 Å². The molecule has 5 nitrogen and oxygen atoms in total. The minimum atomic E-state index is -0.971. The summed E-state index contributed by atoms with van der Waals surface area (Å²) in [5, 5.41) is 14.3. The van der Waals surface area contributed by atoms with Gasteiger partial charge in [0.05, 0.1) is 0 Å². The number of hydrogen-bond acceptors (Lipinski definition) is 3. The Morgan fingerprint density at radius 3 is 2.60 bits per heavy atom. The van der Waals surface area contributed by atoms with Gasteiger partial charge in [0.25, 0.3) is 0 Å². The van der Waals surface area contributed by atoms with Crippen LogP contribution in [-0.4, -0.2) is 41.7 Å². The van der Waals surface area contributed by atoms with Crippen LogP contribution in [0.3, 0.4) is 0 Å². The maximum absolute atomic E-state index is 11.7. The van der Waals surface area contributed by atoms with Crippen LogP contribution in [0, 0.1) is 5.92 Å². The lowest BCUT2D eigenvalue weighted by Crippen LogP contribution is -2.46. The van der Waals surface area contributed by atoms with Gasteiger partial charge in [-0.15, -0.1) is 0 Å². The summed E-state index contributed by atoms with van der Waals surface area (Å²) < 4.78 is 0. The Kier molecular flexibility index (Phi) is 8.49. The molecule has 1 atom stereocenters. The van der Waals surface area contributed by atoms with E-state index in [0.717, 1.165) is 18.1 Å². The van der Waals surface area contributed by atoms with Crippen LogP contribution >= 0.6 is 11.8 Å². The molecule has 0 unspecified atom stereocenters. The summed E-state index contributed by atoms with van der Waals surface area (Å²) >= 11 is 1.58. The Bertz CT molecular complexity index is 307. The van der Waals surface area contributed by atoms with E-state index in [0.29, 0.717) is 13.0 Å². The number of carboxylic acids is 1. The van der Waals surface area contributed by atoms with Crippen molar-refractivity contribution < 1.29 is 14.7 Å². The number of amides is 2. The lowest BCUT2D eigenvalue weighted by Gasteiger charge is -2.21. The lowest BCUT2D eigenvalue weighted by atomic mass is 9.87. The Balaban J connectivity index is 2.18. The highest BCUT2D eigenvalue weighted by molar-refractivity contribution is 7.98. The summed E-state index contributed by atoms with van der Waals surface area (Å²) in [5.41, 5.74) is 0. The minimum absolute atomic E-state index is 0.366. The van der Waals surface area contributed by atoms with Crippen LogP contribution in [0.2, 0.25) is 0 Å². The summed E-state index contributed by atoms with van der Waals surface area (Å²) in [6, 6.07) is -1.16. The average Bonchev–Trinajstić information content (AvgIpc) is 2.44. The molecule has 3 N–H and O–H groups in total. The maximum atomic E-state index is 11.7. The molecule has 0 aliphatic heterocycles. The van der Waals surface area contributed by atoms with Crippen molar-refractivity contribution in [2.45, 2.75) is 51.0 Å². The summed E-state index contributed by atoms with van der Waals surface area (Å²) in [5.74, 6) is 0.469. The second kappa shape index (κ2) is 9.91. The highest BCUT2D eigenvalue weighted by Crippen LogP contribution is 2.25. The molecule has 116 valence electrons. The predicted octanol–water partition coefficient (Wildman–Crippen LogP) is 2.46. The molecule has 1 aliphatic rings. The first-order valence-electron chi connectivity index (χ1n) is 7.39. The van der Waals surface area contributed by atoms with Gasteiger partial charge in [-0.05, 0) is 30.8 Å². The van der Waals surface area contributed by atoms with Gasteiger partial charge in [-0.25, -0.2) is 9.59 Å². The van der Waals surface area contributed by atoms with Crippen molar-refractivity contribution in [2.24, 2.45) is 5.92 Å². The van der Waals surface area contributed by atoms with Crippen LogP contribution in [0.5, 0.6) is 0 Å². The van der Waals surface area contributed by atoms with Crippen molar-refractivity contribution in [3.8, 4) is 0 Å². The highest BCUT2D eigenvalue weighted by Gasteiger charge is 2.19. The van der Waals surface area contributed by atoms with Crippen LogP contribution in [0.25, 0.3) is 0 Å². The van der Waals surface area contributed by atoms with Gasteiger partial charge in [0.1, 0.15) is 6.04 Å². The normalized spacial score (nSPS) is 17.4. The molecule has 0 aromatic heterocycles. The highest BCUT2D eigenvalue weighted by atomic mass is 32.2. The van der Waals surface area contributed by atoms with Crippen molar-refractivity contribution in [3.63, 3.8) is 0 Å². The summed E-state index contributed by atoms with van der Waals surface area (Å²) in [7, 11) is 0. The van der Waals surface area contributed by atoms with Crippen molar-refractivity contribution in [3.05, 3.63) is 0 Å². The Morgan fingerprint density at radius 2 is 2.00 bits per heavy atom. The van der Waals surface area contributed by atoms with Crippen LogP contribution < -0.4 is 10.6 Å². The fraction of sp³-hybridized carbons (Fsp3) is 0.857. The number of urea groups is 1. The van der Waals surface area contributed by atoms with Gasteiger partial charge in [-0.1, -0.05) is 32.1 Å². The van der Waals surface area contributed by atoms with Gasteiger partial charge in [-0.3, -0.25) is 0 Å². The largest absolute Gasteiger partial charge is 0.480 e. The van der Waals surface area contributed by atoms with Crippen molar-refractivity contribution in [2.75, 3.05) is 18.6 Å². The molecule has 1 saturated carbocycles. The molecule has 6 heteroatoms. The number of hydrogen-bond donors (Lipinski definition) is 3. The number of rotatable bonds is 8. The van der Waals surface area contributed by atoms with E-state index in [1.165, 1.54) is 32.1 Å². The van der Waals surface area contributed by atoms with Gasteiger partial charge in [0, 0.05) is 6.54 Å². The molecule has 2 amide bonds. The van der Waals surface area contributed by atoms with Crippen molar-refractivity contribution >= 4 is 23.8 Å². The van der Waals surface area contributed by atoms with Crippen LogP contribution in [0.15, 0.2) is 0 Å². The van der Waals surface area contributed by atoms with Crippen molar-refractivity contribution in [1.29, 1.82) is 0 Å². The zero-order chi connectivity index (χ0) is 14.8. The molecule has 1 rings (SSSR count). The monoisotopic (exact) mass is 302 g/mol. The minimum Gasteiger partial charge on any atom is -0.480 e. The maximum Gasteiger partial charge on any atom is 0.326 e. The number of carbonyl (C=O) groups excluding carboxylic acids is 1. The van der Waals surface area contributed by atoms with E-state index in [1.54, 1.807) is 11.8 Å². The van der Waals surface area contributed by atoms with E-state index < -0.39 is 12.0 Å². The lowest BCUT2D eigenvalue weighted by molar-refractivity contribution is -0.139. The van der Waals surface area contributed by atoms with E-state index in [1.807, 2.05) is 6.26 Å². The Hall–Kier alpha value is -0.910. The molecule has 0 bridgehead atoms. The molecular weight excluding hydrogens is 276 g/mol. The summed E-state index contributed by atoms with van der Waals surface area (Å²) in [4.78, 5) is 22.7. The first kappa shape index (κ1) is 17.1. The molecule has 1 fully saturated rings. The standard InChI is InChI=1S/C14H26N2O3S/c1-20-10-8-12(13(17)18)16-14(19)15-9-7-11-5-3-2-4-6-11/h11-12H,2-10H2,1H3,(H,17,18)(H2,15,16,19)/t12-/m0/s1. The van der Waals surface area contributed by atoms with Gasteiger partial charge in [0.2, 0.25) is 0 Å². The molecule has 0 heterocycles. The fourth-order valence-corrected chi connectivity index (χ4v) is 3.04. The zero-order valence-electron chi connectivity index (χ0n) is 12.2. The average molecular weight is 302 g/mol. The SMILES string of the molecule is CSCC[C@H](NC(=O)NCCC1CCCCC1)C(=O)O. The molecule has 0 saturated heterocycles. The van der Waals surface area contributed by atoms with Crippen LogP contribution in [0.1, 0.15) is 44.9 Å². The summed E-state index contributed by atoms with van der Waals surface area (Å²) in [6.07, 6.45) is 9.81. The van der Waals surface area contributed by atoms with E-state index in [4.69, 9.17) is 5.11 Å². The Morgan fingerprint density at radius 1 is 1.30 bits per heavy atom. The predicted molar refractivity (Wildman–Crippen MR) is 82.1 cm³/mol. The molecule has 0 spiro atoms. The zero-order valence-corrected chi connectivity index (χ0v) is 13.0. The first-order chi connectivity index (χ1) is 9.63. The number of nitrogens with one attached hydrogen (secondary N) is 2. The van der Waals surface area contributed by atoms with E-state index in [9.17, 15) is 9.59 Å². The number of thioether (sulfide) groups is 1. The topological polar surface area (TPSA) is 78.4 Å². The molecule has 0 aromatic rings. The van der Waals surface area contributed by atoms with Gasteiger partial charge in [0.15, 0.2) is 0 Å². The first-order valence-corrected chi connectivity index (χ1v) is 8.79. The van der Waals surface area contributed by atoms with E-state index in [-0.39, 0.29) is 6.03 Å². The molecule has 0 radical (unpaired) electrons. The van der Waals surface area contributed by atoms with E-state index >= 15 is 0 Å². The smallest absolute Gasteiger partial charge is 0.326 e. The number of carbonyl (C=O) groups is 2. The third-order valence-corrected chi connectivity index (χ3v) is 4.42. The third kappa shape index (κ3) is 7.03. The second-order valence-corrected chi connectivity index (χ2v) is 6.35. The van der Waals surface area contributed by atoms with Gasteiger partial charge >= 0.3 is 12.0 Å². The summed E-state index contributed by atoms with van der Waals surface area (Å²) in [6.45, 7) is 0.630. The van der Waals surface area contributed by atoms with Crippen LogP contribution in [-0.2, 0) is 4.79 Å². The quantitative estimate of drug-likeness (QED) is 0.643. The van der Waals surface area contributed by atoms with Gasteiger partial charge < -0.3 is 15.7 Å². The molecule has 0 aromatic carbocycles. The molecule has 1 aliphatic carbocycles. The van der Waals surface area contributed by atoms with E-state index in [2.05, 4.69) is 10.6 Å². The molecule has 20 heavy (non-hydrogen) atoms. The fourth-order valence-electron chi connectivity index (χ4n) is 2.57. The number of carboxylic acid groups (broad SMARTS) is 1.